The summed E-state index contributed by atoms with van der Waals surface area (Å²) in [5.41, 5.74) is 3.22. The molecular weight excluding hydrogens is 336 g/mol. The van der Waals surface area contributed by atoms with E-state index < -0.39 is 4.92 Å². The molecule has 0 spiro atoms. The lowest BCUT2D eigenvalue weighted by Gasteiger charge is -2.14. The highest BCUT2D eigenvalue weighted by Crippen LogP contribution is 2.25. The van der Waals surface area contributed by atoms with Crippen LogP contribution in [0.15, 0.2) is 66.7 Å². The zero-order chi connectivity index (χ0) is 17.8. The predicted molar refractivity (Wildman–Crippen MR) is 98.7 cm³/mol. The fourth-order valence-electron chi connectivity index (χ4n) is 2.49. The lowest BCUT2D eigenvalue weighted by molar-refractivity contribution is -0.380. The lowest BCUT2D eigenvalue weighted by Crippen LogP contribution is -2.25. The first-order valence-corrected chi connectivity index (χ1v) is 8.57. The molecule has 0 saturated carbocycles. The number of benzene rings is 2. The highest BCUT2D eigenvalue weighted by atomic mass is 32.1. The summed E-state index contributed by atoms with van der Waals surface area (Å²) >= 11 is 0.875. The summed E-state index contributed by atoms with van der Waals surface area (Å²) < 4.78 is 0. The van der Waals surface area contributed by atoms with Crippen LogP contribution in [0.4, 0.5) is 5.00 Å². The van der Waals surface area contributed by atoms with E-state index in [0.29, 0.717) is 4.88 Å². The van der Waals surface area contributed by atoms with Gasteiger partial charge in [-0.15, -0.1) is 0 Å². The van der Waals surface area contributed by atoms with Gasteiger partial charge < -0.3 is 5.32 Å². The maximum Gasteiger partial charge on any atom is 0.324 e. The zero-order valence-electron chi connectivity index (χ0n) is 13.5. The normalized spacial score (nSPS) is 11.7. The van der Waals surface area contributed by atoms with Crippen LogP contribution in [0.25, 0.3) is 11.1 Å². The van der Waals surface area contributed by atoms with E-state index in [2.05, 4.69) is 5.32 Å². The van der Waals surface area contributed by atoms with Crippen molar-refractivity contribution in [2.75, 3.05) is 0 Å². The SMILES string of the molecule is CC(NC(=O)c1ccc([N+](=O)[O-])s1)c1ccc(-c2ccccc2)cc1. The topological polar surface area (TPSA) is 72.2 Å². The number of nitrogens with one attached hydrogen (secondary N) is 1. The van der Waals surface area contributed by atoms with Gasteiger partial charge >= 0.3 is 5.00 Å². The minimum atomic E-state index is -0.493. The Hall–Kier alpha value is -2.99. The third-order valence-corrected chi connectivity index (χ3v) is 4.90. The van der Waals surface area contributed by atoms with E-state index in [1.165, 1.54) is 12.1 Å². The quantitative estimate of drug-likeness (QED) is 0.529. The van der Waals surface area contributed by atoms with Crippen LogP contribution in [-0.4, -0.2) is 10.8 Å². The maximum atomic E-state index is 12.2. The second-order valence-corrected chi connectivity index (χ2v) is 6.64. The molecule has 0 aliphatic heterocycles. The number of rotatable bonds is 5. The highest BCUT2D eigenvalue weighted by molar-refractivity contribution is 7.17. The van der Waals surface area contributed by atoms with Gasteiger partial charge in [0, 0.05) is 6.07 Å². The van der Waals surface area contributed by atoms with Crippen LogP contribution in [-0.2, 0) is 0 Å². The highest BCUT2D eigenvalue weighted by Gasteiger charge is 2.17. The molecule has 5 nitrogen and oxygen atoms in total. The van der Waals surface area contributed by atoms with Gasteiger partial charge in [-0.2, -0.15) is 0 Å². The molecule has 0 fully saturated rings. The van der Waals surface area contributed by atoms with Crippen LogP contribution < -0.4 is 5.32 Å². The fourth-order valence-corrected chi connectivity index (χ4v) is 3.22. The Morgan fingerprint density at radius 2 is 1.64 bits per heavy atom. The number of carbonyl (C=O) groups excluding carboxylic acids is 1. The third kappa shape index (κ3) is 3.92. The molecule has 3 aromatic rings. The number of carbonyl (C=O) groups is 1. The van der Waals surface area contributed by atoms with Crippen molar-refractivity contribution in [3.8, 4) is 11.1 Å². The summed E-state index contributed by atoms with van der Waals surface area (Å²) in [4.78, 5) is 22.8. The summed E-state index contributed by atoms with van der Waals surface area (Å²) in [6.07, 6.45) is 0. The minimum absolute atomic E-state index is 0.0370. The largest absolute Gasteiger partial charge is 0.345 e. The van der Waals surface area contributed by atoms with Crippen molar-refractivity contribution in [2.24, 2.45) is 0 Å². The molecule has 1 heterocycles. The summed E-state index contributed by atoms with van der Waals surface area (Å²) in [5.74, 6) is -0.308. The summed E-state index contributed by atoms with van der Waals surface area (Å²) in [6.45, 7) is 1.89. The molecule has 126 valence electrons. The fraction of sp³-hybridized carbons (Fsp3) is 0.105. The van der Waals surface area contributed by atoms with Crippen molar-refractivity contribution in [1.29, 1.82) is 0 Å². The average molecular weight is 352 g/mol. The van der Waals surface area contributed by atoms with Crippen molar-refractivity contribution in [3.63, 3.8) is 0 Å². The number of hydrogen-bond donors (Lipinski definition) is 1. The number of nitro groups is 1. The summed E-state index contributed by atoms with van der Waals surface area (Å²) in [7, 11) is 0. The summed E-state index contributed by atoms with van der Waals surface area (Å²) in [6, 6.07) is 20.7. The molecule has 0 bridgehead atoms. The van der Waals surface area contributed by atoms with Gasteiger partial charge in [0.2, 0.25) is 0 Å². The van der Waals surface area contributed by atoms with Gasteiger partial charge in [0.1, 0.15) is 0 Å². The molecule has 0 aliphatic rings. The van der Waals surface area contributed by atoms with Crippen molar-refractivity contribution >= 4 is 22.2 Å². The molecule has 3 rings (SSSR count). The van der Waals surface area contributed by atoms with Crippen LogP contribution in [0, 0.1) is 10.1 Å². The Bertz CT molecular complexity index is 889. The van der Waals surface area contributed by atoms with E-state index >= 15 is 0 Å². The molecule has 6 heteroatoms. The molecule has 1 atom stereocenters. The number of amides is 1. The molecule has 0 aliphatic carbocycles. The third-order valence-electron chi connectivity index (χ3n) is 3.86. The molecule has 1 aromatic heterocycles. The Morgan fingerprint density at radius 3 is 2.24 bits per heavy atom. The van der Waals surface area contributed by atoms with Crippen molar-refractivity contribution in [3.05, 3.63) is 87.3 Å². The zero-order valence-corrected chi connectivity index (χ0v) is 14.3. The van der Waals surface area contributed by atoms with E-state index in [0.717, 1.165) is 28.0 Å². The monoisotopic (exact) mass is 352 g/mol. The van der Waals surface area contributed by atoms with Crippen LogP contribution in [0.3, 0.4) is 0 Å². The van der Waals surface area contributed by atoms with Gasteiger partial charge in [-0.1, -0.05) is 65.9 Å². The molecule has 0 radical (unpaired) electrons. The van der Waals surface area contributed by atoms with Gasteiger partial charge in [0.05, 0.1) is 15.8 Å². The molecule has 25 heavy (non-hydrogen) atoms. The smallest absolute Gasteiger partial charge is 0.324 e. The molecule has 1 N–H and O–H groups in total. The van der Waals surface area contributed by atoms with Gasteiger partial charge in [0.15, 0.2) is 0 Å². The number of hydrogen-bond acceptors (Lipinski definition) is 4. The number of nitrogens with zero attached hydrogens (tertiary/aromatic N) is 1. The predicted octanol–water partition coefficient (Wildman–Crippen LogP) is 4.81. The average Bonchev–Trinajstić information content (AvgIpc) is 3.13. The Morgan fingerprint density at radius 1 is 1.00 bits per heavy atom. The maximum absolute atomic E-state index is 12.2. The van der Waals surface area contributed by atoms with Crippen LogP contribution in [0.5, 0.6) is 0 Å². The van der Waals surface area contributed by atoms with Crippen LogP contribution in [0.1, 0.15) is 28.2 Å². The molecular formula is C19H16N2O3S. The van der Waals surface area contributed by atoms with Crippen LogP contribution >= 0.6 is 11.3 Å². The van der Waals surface area contributed by atoms with Crippen LogP contribution in [0.2, 0.25) is 0 Å². The van der Waals surface area contributed by atoms with Crippen molar-refractivity contribution in [2.45, 2.75) is 13.0 Å². The van der Waals surface area contributed by atoms with Crippen molar-refractivity contribution < 1.29 is 9.72 Å². The van der Waals surface area contributed by atoms with Gasteiger partial charge in [-0.25, -0.2) is 0 Å². The second-order valence-electron chi connectivity index (χ2n) is 5.58. The second kappa shape index (κ2) is 7.27. The van der Waals surface area contributed by atoms with Gasteiger partial charge in [0.25, 0.3) is 5.91 Å². The number of thiophene rings is 1. The standard InChI is InChI=1S/C19H16N2O3S/c1-13(20-19(22)17-11-12-18(25-17)21(23)24)14-7-9-16(10-8-14)15-5-3-2-4-6-15/h2-13H,1H3,(H,20,22). The first-order chi connectivity index (χ1) is 12.0. The first kappa shape index (κ1) is 16.9. The van der Waals surface area contributed by atoms with Crippen molar-refractivity contribution in [1.82, 2.24) is 5.32 Å². The Labute approximate surface area is 149 Å². The Kier molecular flexibility index (Phi) is 4.90. The van der Waals surface area contributed by atoms with E-state index in [4.69, 9.17) is 0 Å². The van der Waals surface area contributed by atoms with E-state index in [-0.39, 0.29) is 17.0 Å². The van der Waals surface area contributed by atoms with Gasteiger partial charge in [-0.05, 0) is 29.7 Å². The van der Waals surface area contributed by atoms with E-state index in [1.54, 1.807) is 0 Å². The minimum Gasteiger partial charge on any atom is -0.345 e. The molecule has 1 amide bonds. The van der Waals surface area contributed by atoms with E-state index in [9.17, 15) is 14.9 Å². The first-order valence-electron chi connectivity index (χ1n) is 7.75. The summed E-state index contributed by atoms with van der Waals surface area (Å²) in [5, 5.41) is 13.5. The van der Waals surface area contributed by atoms with Gasteiger partial charge in [-0.3, -0.25) is 14.9 Å². The molecule has 0 saturated heterocycles. The lowest BCUT2D eigenvalue weighted by atomic mass is 10.0. The molecule has 2 aromatic carbocycles. The van der Waals surface area contributed by atoms with E-state index in [1.807, 2.05) is 61.5 Å². The molecule has 1 unspecified atom stereocenters. The Balaban J connectivity index is 1.69.